The molecule has 0 amide bonds. The minimum Gasteiger partial charge on any atom is -0.0882 e. The minimum atomic E-state index is 0.446. The van der Waals surface area contributed by atoms with Gasteiger partial charge < -0.3 is 0 Å². The lowest BCUT2D eigenvalue weighted by Crippen LogP contribution is -1.87. The van der Waals surface area contributed by atoms with Crippen LogP contribution in [-0.2, 0) is 0 Å². The summed E-state index contributed by atoms with van der Waals surface area (Å²) in [4.78, 5) is 0.446. The normalized spacial score (nSPS) is 13.6. The molecule has 0 saturated heterocycles. The Morgan fingerprint density at radius 3 is 2.27 bits per heavy atom. The second-order valence-electron chi connectivity index (χ2n) is 4.21. The monoisotopic (exact) mass is 266 g/mol. The molecular formula is C14H19Br. The molecule has 0 aliphatic rings. The van der Waals surface area contributed by atoms with Crippen molar-refractivity contribution in [3.63, 3.8) is 0 Å². The summed E-state index contributed by atoms with van der Waals surface area (Å²) < 4.78 is 0. The highest BCUT2D eigenvalue weighted by Gasteiger charge is 2.03. The average Bonchev–Trinajstić information content (AvgIpc) is 2.25. The standard InChI is InChI=1S/C14H19Br/c1-12(2)8-6-7-11-14(15)13-9-4-3-5-10-13/h3-7,9-10,12,14H,8,11H2,1-2H3/b7-6+. The Hall–Kier alpha value is -0.560. The number of hydrogen-bond donors (Lipinski definition) is 0. The molecule has 0 aliphatic carbocycles. The molecule has 1 aromatic carbocycles. The van der Waals surface area contributed by atoms with E-state index in [2.05, 4.69) is 72.3 Å². The molecule has 0 fully saturated rings. The smallest absolute Gasteiger partial charge is 0.0429 e. The quantitative estimate of drug-likeness (QED) is 0.513. The van der Waals surface area contributed by atoms with Gasteiger partial charge in [0.15, 0.2) is 0 Å². The Labute approximate surface area is 102 Å². The van der Waals surface area contributed by atoms with Gasteiger partial charge in [-0.3, -0.25) is 0 Å². The van der Waals surface area contributed by atoms with E-state index in [0.29, 0.717) is 4.83 Å². The second-order valence-corrected chi connectivity index (χ2v) is 5.32. The number of hydrogen-bond acceptors (Lipinski definition) is 0. The summed E-state index contributed by atoms with van der Waals surface area (Å²) in [5.74, 6) is 0.756. The summed E-state index contributed by atoms with van der Waals surface area (Å²) in [6.45, 7) is 4.49. The topological polar surface area (TPSA) is 0 Å². The molecule has 0 bridgehead atoms. The average molecular weight is 267 g/mol. The molecular weight excluding hydrogens is 248 g/mol. The van der Waals surface area contributed by atoms with Crippen molar-refractivity contribution < 1.29 is 0 Å². The van der Waals surface area contributed by atoms with Crippen LogP contribution < -0.4 is 0 Å². The van der Waals surface area contributed by atoms with Crippen molar-refractivity contribution in [1.82, 2.24) is 0 Å². The molecule has 1 rings (SSSR count). The lowest BCUT2D eigenvalue weighted by Gasteiger charge is -2.06. The summed E-state index contributed by atoms with van der Waals surface area (Å²) >= 11 is 3.70. The van der Waals surface area contributed by atoms with Crippen molar-refractivity contribution in [2.45, 2.75) is 31.5 Å². The van der Waals surface area contributed by atoms with E-state index in [1.807, 2.05) is 0 Å². The number of allylic oxidation sites excluding steroid dienone is 2. The Morgan fingerprint density at radius 1 is 1.07 bits per heavy atom. The first-order valence-corrected chi connectivity index (χ1v) is 6.45. The third-order valence-corrected chi connectivity index (χ3v) is 3.18. The molecule has 15 heavy (non-hydrogen) atoms. The van der Waals surface area contributed by atoms with Gasteiger partial charge in [0.25, 0.3) is 0 Å². The van der Waals surface area contributed by atoms with Gasteiger partial charge in [0.2, 0.25) is 0 Å². The van der Waals surface area contributed by atoms with E-state index in [1.54, 1.807) is 0 Å². The molecule has 82 valence electrons. The summed E-state index contributed by atoms with van der Waals surface area (Å²) in [7, 11) is 0. The largest absolute Gasteiger partial charge is 0.0882 e. The molecule has 0 saturated carbocycles. The van der Waals surface area contributed by atoms with E-state index in [4.69, 9.17) is 0 Å². The van der Waals surface area contributed by atoms with Crippen LogP contribution in [0.15, 0.2) is 42.5 Å². The van der Waals surface area contributed by atoms with Gasteiger partial charge in [-0.25, -0.2) is 0 Å². The van der Waals surface area contributed by atoms with E-state index in [9.17, 15) is 0 Å². The van der Waals surface area contributed by atoms with Crippen LogP contribution >= 0.6 is 15.9 Å². The maximum Gasteiger partial charge on any atom is 0.0429 e. The van der Waals surface area contributed by atoms with Gasteiger partial charge in [-0.15, -0.1) is 0 Å². The van der Waals surface area contributed by atoms with Crippen molar-refractivity contribution in [2.24, 2.45) is 5.92 Å². The van der Waals surface area contributed by atoms with Crippen LogP contribution in [0.25, 0.3) is 0 Å². The summed E-state index contributed by atoms with van der Waals surface area (Å²) in [5, 5.41) is 0. The van der Waals surface area contributed by atoms with Crippen LogP contribution in [0.2, 0.25) is 0 Å². The Bertz CT molecular complexity index is 287. The van der Waals surface area contributed by atoms with Gasteiger partial charge in [0.05, 0.1) is 0 Å². The van der Waals surface area contributed by atoms with Gasteiger partial charge in [-0.1, -0.05) is 72.3 Å². The SMILES string of the molecule is CC(C)C/C=C/CC(Br)c1ccccc1. The molecule has 1 aromatic rings. The van der Waals surface area contributed by atoms with Crippen LogP contribution in [0.5, 0.6) is 0 Å². The van der Waals surface area contributed by atoms with E-state index < -0.39 is 0 Å². The molecule has 1 heteroatoms. The first-order chi connectivity index (χ1) is 7.20. The lowest BCUT2D eigenvalue weighted by molar-refractivity contribution is 0.662. The second kappa shape index (κ2) is 6.84. The predicted molar refractivity (Wildman–Crippen MR) is 71.3 cm³/mol. The van der Waals surface area contributed by atoms with Crippen molar-refractivity contribution in [1.29, 1.82) is 0 Å². The third-order valence-electron chi connectivity index (χ3n) is 2.28. The number of benzene rings is 1. The molecule has 0 nitrogen and oxygen atoms in total. The Balaban J connectivity index is 2.37. The van der Waals surface area contributed by atoms with Crippen LogP contribution in [0, 0.1) is 5.92 Å². The molecule has 1 unspecified atom stereocenters. The zero-order valence-corrected chi connectivity index (χ0v) is 11.1. The van der Waals surface area contributed by atoms with Crippen molar-refractivity contribution in [3.05, 3.63) is 48.0 Å². The molecule has 0 aliphatic heterocycles. The van der Waals surface area contributed by atoms with E-state index >= 15 is 0 Å². The fraction of sp³-hybridized carbons (Fsp3) is 0.429. The van der Waals surface area contributed by atoms with Crippen LogP contribution in [0.4, 0.5) is 0 Å². The maximum atomic E-state index is 3.70. The van der Waals surface area contributed by atoms with Crippen LogP contribution in [-0.4, -0.2) is 0 Å². The van der Waals surface area contributed by atoms with Gasteiger partial charge in [0.1, 0.15) is 0 Å². The third kappa shape index (κ3) is 5.17. The highest BCUT2D eigenvalue weighted by atomic mass is 79.9. The van der Waals surface area contributed by atoms with E-state index in [1.165, 1.54) is 12.0 Å². The van der Waals surface area contributed by atoms with Gasteiger partial charge in [-0.05, 0) is 24.3 Å². The molecule has 0 aromatic heterocycles. The van der Waals surface area contributed by atoms with Gasteiger partial charge in [0, 0.05) is 4.83 Å². The van der Waals surface area contributed by atoms with Crippen molar-refractivity contribution >= 4 is 15.9 Å². The van der Waals surface area contributed by atoms with E-state index in [-0.39, 0.29) is 0 Å². The van der Waals surface area contributed by atoms with Gasteiger partial charge >= 0.3 is 0 Å². The predicted octanol–water partition coefficient (Wildman–Crippen LogP) is 5.12. The van der Waals surface area contributed by atoms with Crippen molar-refractivity contribution in [2.75, 3.05) is 0 Å². The Morgan fingerprint density at radius 2 is 1.67 bits per heavy atom. The molecule has 0 N–H and O–H groups in total. The number of alkyl halides is 1. The highest BCUT2D eigenvalue weighted by molar-refractivity contribution is 9.09. The highest BCUT2D eigenvalue weighted by Crippen LogP contribution is 2.26. The zero-order valence-electron chi connectivity index (χ0n) is 9.49. The summed E-state index contributed by atoms with van der Waals surface area (Å²) in [5.41, 5.74) is 1.35. The molecule has 0 radical (unpaired) electrons. The minimum absolute atomic E-state index is 0.446. The maximum absolute atomic E-state index is 3.70. The van der Waals surface area contributed by atoms with Crippen molar-refractivity contribution in [3.8, 4) is 0 Å². The Kier molecular flexibility index (Phi) is 5.70. The lowest BCUT2D eigenvalue weighted by atomic mass is 10.1. The fourth-order valence-corrected chi connectivity index (χ4v) is 1.90. The number of halogens is 1. The zero-order chi connectivity index (χ0) is 11.1. The first kappa shape index (κ1) is 12.5. The summed E-state index contributed by atoms with van der Waals surface area (Å²) in [6.07, 6.45) is 6.79. The molecule has 1 atom stereocenters. The van der Waals surface area contributed by atoms with Crippen LogP contribution in [0.3, 0.4) is 0 Å². The molecule has 0 heterocycles. The molecule has 0 spiro atoms. The van der Waals surface area contributed by atoms with Crippen LogP contribution in [0.1, 0.15) is 37.1 Å². The van der Waals surface area contributed by atoms with E-state index in [0.717, 1.165) is 12.3 Å². The van der Waals surface area contributed by atoms with Gasteiger partial charge in [-0.2, -0.15) is 0 Å². The first-order valence-electron chi connectivity index (χ1n) is 5.54. The summed E-state index contributed by atoms with van der Waals surface area (Å²) in [6, 6.07) is 10.5. The number of rotatable bonds is 5. The fourth-order valence-electron chi connectivity index (χ4n) is 1.38.